The molecule has 1 aromatic carbocycles. The van der Waals surface area contributed by atoms with E-state index in [0.29, 0.717) is 23.5 Å². The summed E-state index contributed by atoms with van der Waals surface area (Å²) >= 11 is 3.23. The van der Waals surface area contributed by atoms with Crippen LogP contribution in [0.1, 0.15) is 21.8 Å². The molecule has 5 heteroatoms. The molecule has 0 spiro atoms. The van der Waals surface area contributed by atoms with Crippen molar-refractivity contribution in [2.45, 2.75) is 13.0 Å². The summed E-state index contributed by atoms with van der Waals surface area (Å²) in [6.45, 7) is 1.33. The van der Waals surface area contributed by atoms with Gasteiger partial charge in [-0.1, -0.05) is 18.2 Å². The molecule has 0 saturated heterocycles. The fourth-order valence-electron chi connectivity index (χ4n) is 2.92. The Hall–Kier alpha value is -2.01. The summed E-state index contributed by atoms with van der Waals surface area (Å²) in [5.41, 5.74) is 3.59. The third-order valence-electron chi connectivity index (χ3n) is 3.95. The highest BCUT2D eigenvalue weighted by Crippen LogP contribution is 2.28. The Morgan fingerprint density at radius 3 is 2.90 bits per heavy atom. The van der Waals surface area contributed by atoms with Crippen LogP contribution in [0.5, 0.6) is 0 Å². The zero-order valence-electron chi connectivity index (χ0n) is 11.2. The van der Waals surface area contributed by atoms with E-state index in [9.17, 15) is 4.79 Å². The van der Waals surface area contributed by atoms with Crippen molar-refractivity contribution in [2.24, 2.45) is 0 Å². The van der Waals surface area contributed by atoms with Crippen LogP contribution in [0.25, 0.3) is 10.9 Å². The Balaban J connectivity index is 1.68. The summed E-state index contributed by atoms with van der Waals surface area (Å²) in [4.78, 5) is 17.8. The maximum atomic E-state index is 12.5. The Morgan fingerprint density at radius 1 is 1.24 bits per heavy atom. The molecule has 1 N–H and O–H groups in total. The smallest absolute Gasteiger partial charge is 0.289 e. The molecule has 3 aromatic rings. The minimum atomic E-state index is -0.0587. The Morgan fingerprint density at radius 2 is 2.10 bits per heavy atom. The Bertz CT molecular complexity index is 834. The van der Waals surface area contributed by atoms with Crippen LogP contribution in [0.2, 0.25) is 0 Å². The first-order chi connectivity index (χ1) is 10.2. The number of nitrogens with zero attached hydrogens (tertiary/aromatic N) is 1. The van der Waals surface area contributed by atoms with E-state index >= 15 is 0 Å². The molecular weight excluding hydrogens is 332 g/mol. The summed E-state index contributed by atoms with van der Waals surface area (Å²) < 4.78 is 5.95. The predicted octanol–water partition coefficient (Wildman–Crippen LogP) is 3.72. The van der Waals surface area contributed by atoms with Gasteiger partial charge < -0.3 is 14.3 Å². The normalized spacial score (nSPS) is 14.4. The van der Waals surface area contributed by atoms with Crippen LogP contribution in [0, 0.1) is 0 Å². The molecular formula is C16H13BrN2O2. The van der Waals surface area contributed by atoms with Gasteiger partial charge in [-0.2, -0.15) is 0 Å². The Labute approximate surface area is 129 Å². The number of nitrogens with one attached hydrogen (secondary N) is 1. The third kappa shape index (κ3) is 2.08. The van der Waals surface area contributed by atoms with Crippen molar-refractivity contribution in [3.05, 3.63) is 58.1 Å². The lowest BCUT2D eigenvalue weighted by Gasteiger charge is -2.26. The standard InChI is InChI=1S/C16H13BrN2O2/c17-15-6-5-14(21-15)16(20)19-8-7-13-11(9-19)10-3-1-2-4-12(10)18-13/h1-6,18H,7-9H2. The van der Waals surface area contributed by atoms with Gasteiger partial charge in [-0.15, -0.1) is 0 Å². The Kier molecular flexibility index (Phi) is 2.89. The molecule has 0 aliphatic carbocycles. The topological polar surface area (TPSA) is 49.2 Å². The molecule has 2 aromatic heterocycles. The number of para-hydroxylation sites is 1. The van der Waals surface area contributed by atoms with Crippen LogP contribution in [0.15, 0.2) is 45.5 Å². The van der Waals surface area contributed by atoms with E-state index in [1.807, 2.05) is 17.0 Å². The van der Waals surface area contributed by atoms with Gasteiger partial charge in [-0.05, 0) is 34.1 Å². The number of amides is 1. The number of furan rings is 1. The quantitative estimate of drug-likeness (QED) is 0.731. The van der Waals surface area contributed by atoms with E-state index in [2.05, 4.69) is 33.0 Å². The number of carbonyl (C=O) groups excluding carboxylic acids is 1. The molecule has 0 fully saturated rings. The van der Waals surface area contributed by atoms with Crippen LogP contribution in [0.4, 0.5) is 0 Å². The van der Waals surface area contributed by atoms with Crippen LogP contribution in [0.3, 0.4) is 0 Å². The summed E-state index contributed by atoms with van der Waals surface area (Å²) in [5, 5.41) is 1.20. The second-order valence-corrected chi connectivity index (χ2v) is 5.99. The van der Waals surface area contributed by atoms with Crippen molar-refractivity contribution >= 4 is 32.7 Å². The number of hydrogen-bond acceptors (Lipinski definition) is 2. The van der Waals surface area contributed by atoms with Crippen molar-refractivity contribution in [3.63, 3.8) is 0 Å². The number of halogens is 1. The fourth-order valence-corrected chi connectivity index (χ4v) is 3.23. The first-order valence-electron chi connectivity index (χ1n) is 6.85. The SMILES string of the molecule is O=C(c1ccc(Br)o1)N1CCc2[nH]c3ccccc3c2C1. The summed E-state index contributed by atoms with van der Waals surface area (Å²) in [6, 6.07) is 11.7. The molecule has 4 nitrogen and oxygen atoms in total. The largest absolute Gasteiger partial charge is 0.444 e. The minimum Gasteiger partial charge on any atom is -0.444 e. The first kappa shape index (κ1) is 12.7. The van der Waals surface area contributed by atoms with E-state index in [1.165, 1.54) is 16.6 Å². The minimum absolute atomic E-state index is 0.0587. The van der Waals surface area contributed by atoms with Crippen molar-refractivity contribution < 1.29 is 9.21 Å². The number of benzene rings is 1. The number of H-pyrrole nitrogens is 1. The van der Waals surface area contributed by atoms with Gasteiger partial charge in [0.25, 0.3) is 5.91 Å². The lowest BCUT2D eigenvalue weighted by molar-refractivity contribution is 0.0701. The second kappa shape index (κ2) is 4.77. The van der Waals surface area contributed by atoms with Crippen LogP contribution < -0.4 is 0 Å². The van der Waals surface area contributed by atoms with Gasteiger partial charge in [0.2, 0.25) is 0 Å². The second-order valence-electron chi connectivity index (χ2n) is 5.21. The maximum Gasteiger partial charge on any atom is 0.289 e. The van der Waals surface area contributed by atoms with Crippen molar-refractivity contribution in [3.8, 4) is 0 Å². The summed E-state index contributed by atoms with van der Waals surface area (Å²) in [5.74, 6) is 0.321. The highest BCUT2D eigenvalue weighted by Gasteiger charge is 2.26. The number of carbonyl (C=O) groups is 1. The molecule has 1 aliphatic rings. The van der Waals surface area contributed by atoms with Gasteiger partial charge in [-0.3, -0.25) is 4.79 Å². The average Bonchev–Trinajstić information content (AvgIpc) is 3.09. The van der Waals surface area contributed by atoms with Gasteiger partial charge in [0, 0.05) is 41.7 Å². The number of hydrogen-bond donors (Lipinski definition) is 1. The van der Waals surface area contributed by atoms with Gasteiger partial charge in [-0.25, -0.2) is 0 Å². The molecule has 0 bridgehead atoms. The lowest BCUT2D eigenvalue weighted by atomic mass is 10.0. The predicted molar refractivity (Wildman–Crippen MR) is 83.2 cm³/mol. The van der Waals surface area contributed by atoms with Crippen molar-refractivity contribution in [2.75, 3.05) is 6.54 Å². The highest BCUT2D eigenvalue weighted by atomic mass is 79.9. The first-order valence-corrected chi connectivity index (χ1v) is 7.65. The summed E-state index contributed by atoms with van der Waals surface area (Å²) in [6.07, 6.45) is 0.845. The van der Waals surface area contributed by atoms with Gasteiger partial charge in [0.1, 0.15) is 0 Å². The van der Waals surface area contributed by atoms with Crippen LogP contribution in [-0.2, 0) is 13.0 Å². The van der Waals surface area contributed by atoms with Gasteiger partial charge in [0.15, 0.2) is 10.4 Å². The number of aromatic amines is 1. The lowest BCUT2D eigenvalue weighted by Crippen LogP contribution is -2.35. The van der Waals surface area contributed by atoms with E-state index in [4.69, 9.17) is 4.42 Å². The summed E-state index contributed by atoms with van der Waals surface area (Å²) in [7, 11) is 0. The molecule has 106 valence electrons. The zero-order chi connectivity index (χ0) is 14.4. The van der Waals surface area contributed by atoms with Crippen molar-refractivity contribution in [1.29, 1.82) is 0 Å². The molecule has 21 heavy (non-hydrogen) atoms. The van der Waals surface area contributed by atoms with Gasteiger partial charge >= 0.3 is 0 Å². The molecule has 0 saturated carbocycles. The molecule has 0 unspecified atom stereocenters. The van der Waals surface area contributed by atoms with Crippen LogP contribution >= 0.6 is 15.9 Å². The van der Waals surface area contributed by atoms with E-state index in [1.54, 1.807) is 12.1 Å². The van der Waals surface area contributed by atoms with Gasteiger partial charge in [0.05, 0.1) is 0 Å². The van der Waals surface area contributed by atoms with Crippen LogP contribution in [-0.4, -0.2) is 22.3 Å². The third-order valence-corrected chi connectivity index (χ3v) is 4.38. The maximum absolute atomic E-state index is 12.5. The molecule has 0 radical (unpaired) electrons. The fraction of sp³-hybridized carbons (Fsp3) is 0.188. The highest BCUT2D eigenvalue weighted by molar-refractivity contribution is 9.10. The van der Waals surface area contributed by atoms with E-state index in [0.717, 1.165) is 11.9 Å². The van der Waals surface area contributed by atoms with E-state index in [-0.39, 0.29) is 5.91 Å². The number of fused-ring (bicyclic) bond motifs is 3. The zero-order valence-corrected chi connectivity index (χ0v) is 12.8. The monoisotopic (exact) mass is 344 g/mol. The van der Waals surface area contributed by atoms with E-state index < -0.39 is 0 Å². The molecule has 0 atom stereocenters. The molecule has 4 rings (SSSR count). The molecule has 1 aliphatic heterocycles. The average molecular weight is 345 g/mol. The number of aromatic nitrogens is 1. The number of rotatable bonds is 1. The molecule has 3 heterocycles. The van der Waals surface area contributed by atoms with Crippen molar-refractivity contribution in [1.82, 2.24) is 9.88 Å². The molecule has 1 amide bonds.